The Balaban J connectivity index is 2.57. The average molecular weight is 336 g/mol. The number of primary amides is 1. The number of hydrogen-bond donors (Lipinski definition) is 2. The van der Waals surface area contributed by atoms with Crippen molar-refractivity contribution in [3.63, 3.8) is 0 Å². The van der Waals surface area contributed by atoms with Gasteiger partial charge in [-0.1, -0.05) is 30.3 Å². The molecule has 0 aliphatic heterocycles. The van der Waals surface area contributed by atoms with Crippen molar-refractivity contribution in [2.75, 3.05) is 7.05 Å². The molecule has 2 aromatic carbocycles. The molecule has 3 N–H and O–H groups in total. The molecule has 0 spiro atoms. The normalized spacial score (nSPS) is 12.8. The van der Waals surface area contributed by atoms with E-state index in [1.54, 1.807) is 12.1 Å². The Morgan fingerprint density at radius 3 is 2.39 bits per heavy atom. The standard InChI is InChI=1S/C16H17FN2O3S/c1-10-5-3-4-6-12(10)15(16(18)20)11-7-8-14(13(17)9-11)23(21,22)19-2/h3-9,15,19H,1-2H3,(H2,18,20). The average Bonchev–Trinajstić information content (AvgIpc) is 2.49. The quantitative estimate of drug-likeness (QED) is 0.870. The molecule has 1 unspecified atom stereocenters. The van der Waals surface area contributed by atoms with Gasteiger partial charge in [-0.3, -0.25) is 4.79 Å². The molecule has 0 aliphatic carbocycles. The number of hydrogen-bond acceptors (Lipinski definition) is 3. The van der Waals surface area contributed by atoms with Crippen LogP contribution in [0.5, 0.6) is 0 Å². The van der Waals surface area contributed by atoms with Crippen LogP contribution in [-0.4, -0.2) is 21.4 Å². The van der Waals surface area contributed by atoms with Crippen molar-refractivity contribution in [2.45, 2.75) is 17.7 Å². The molecule has 7 heteroatoms. The molecule has 2 rings (SSSR count). The number of rotatable bonds is 5. The lowest BCUT2D eigenvalue weighted by atomic mass is 9.88. The van der Waals surface area contributed by atoms with Gasteiger partial charge in [-0.05, 0) is 42.8 Å². The maximum atomic E-state index is 14.2. The Kier molecular flexibility index (Phi) is 4.82. The number of carbonyl (C=O) groups is 1. The fourth-order valence-electron chi connectivity index (χ4n) is 2.43. The third kappa shape index (κ3) is 3.40. The Morgan fingerprint density at radius 1 is 1.22 bits per heavy atom. The summed E-state index contributed by atoms with van der Waals surface area (Å²) in [5, 5.41) is 0. The highest BCUT2D eigenvalue weighted by atomic mass is 32.2. The van der Waals surface area contributed by atoms with Crippen molar-refractivity contribution < 1.29 is 17.6 Å². The molecule has 0 saturated carbocycles. The van der Waals surface area contributed by atoms with Gasteiger partial charge in [0.15, 0.2) is 0 Å². The van der Waals surface area contributed by atoms with E-state index in [-0.39, 0.29) is 0 Å². The second kappa shape index (κ2) is 6.47. The first-order valence-electron chi connectivity index (χ1n) is 6.85. The van der Waals surface area contributed by atoms with E-state index in [0.29, 0.717) is 11.1 Å². The van der Waals surface area contributed by atoms with E-state index in [2.05, 4.69) is 4.72 Å². The number of halogens is 1. The SMILES string of the molecule is CNS(=O)(=O)c1ccc(C(C(N)=O)c2ccccc2C)cc1F. The van der Waals surface area contributed by atoms with Crippen molar-refractivity contribution in [1.29, 1.82) is 0 Å². The van der Waals surface area contributed by atoms with Gasteiger partial charge in [0.05, 0.1) is 5.92 Å². The zero-order valence-corrected chi connectivity index (χ0v) is 13.5. The predicted octanol–water partition coefficient (Wildman–Crippen LogP) is 1.66. The van der Waals surface area contributed by atoms with Crippen molar-refractivity contribution in [3.8, 4) is 0 Å². The van der Waals surface area contributed by atoms with Gasteiger partial charge in [0.25, 0.3) is 0 Å². The van der Waals surface area contributed by atoms with Crippen LogP contribution in [-0.2, 0) is 14.8 Å². The van der Waals surface area contributed by atoms with Crippen LogP contribution in [0.1, 0.15) is 22.6 Å². The van der Waals surface area contributed by atoms with Gasteiger partial charge in [0, 0.05) is 0 Å². The molecule has 0 aliphatic rings. The van der Waals surface area contributed by atoms with Crippen molar-refractivity contribution >= 4 is 15.9 Å². The van der Waals surface area contributed by atoms with E-state index in [1.807, 2.05) is 19.1 Å². The summed E-state index contributed by atoms with van der Waals surface area (Å²) in [6.45, 7) is 1.82. The Morgan fingerprint density at radius 2 is 1.87 bits per heavy atom. The number of sulfonamides is 1. The van der Waals surface area contributed by atoms with Gasteiger partial charge in [-0.15, -0.1) is 0 Å². The second-order valence-electron chi connectivity index (χ2n) is 5.09. The highest BCUT2D eigenvalue weighted by Crippen LogP contribution is 2.29. The summed E-state index contributed by atoms with van der Waals surface area (Å²) in [7, 11) is -2.71. The maximum Gasteiger partial charge on any atom is 0.243 e. The highest BCUT2D eigenvalue weighted by molar-refractivity contribution is 7.89. The van der Waals surface area contributed by atoms with Crippen LogP contribution in [0.4, 0.5) is 4.39 Å². The van der Waals surface area contributed by atoms with E-state index in [9.17, 15) is 17.6 Å². The lowest BCUT2D eigenvalue weighted by Gasteiger charge is -2.17. The summed E-state index contributed by atoms with van der Waals surface area (Å²) in [5.74, 6) is -2.42. The predicted molar refractivity (Wildman–Crippen MR) is 84.9 cm³/mol. The summed E-state index contributed by atoms with van der Waals surface area (Å²) in [6.07, 6.45) is 0. The molecular formula is C16H17FN2O3S. The second-order valence-corrected chi connectivity index (χ2v) is 6.94. The molecule has 0 aromatic heterocycles. The van der Waals surface area contributed by atoms with E-state index >= 15 is 0 Å². The van der Waals surface area contributed by atoms with Crippen LogP contribution >= 0.6 is 0 Å². The molecule has 2 aromatic rings. The van der Waals surface area contributed by atoms with Crippen LogP contribution in [0.3, 0.4) is 0 Å². The largest absolute Gasteiger partial charge is 0.369 e. The fourth-order valence-corrected chi connectivity index (χ4v) is 3.22. The highest BCUT2D eigenvalue weighted by Gasteiger charge is 2.25. The van der Waals surface area contributed by atoms with Crippen LogP contribution in [0.25, 0.3) is 0 Å². The fraction of sp³-hybridized carbons (Fsp3) is 0.188. The Bertz CT molecular complexity index is 850. The molecule has 1 amide bonds. The number of aryl methyl sites for hydroxylation is 1. The summed E-state index contributed by atoms with van der Waals surface area (Å²) >= 11 is 0. The summed E-state index contributed by atoms with van der Waals surface area (Å²) in [6, 6.07) is 10.7. The number of benzene rings is 2. The zero-order valence-electron chi connectivity index (χ0n) is 12.7. The van der Waals surface area contributed by atoms with Crippen LogP contribution in [0.15, 0.2) is 47.4 Å². The van der Waals surface area contributed by atoms with Crippen molar-refractivity contribution in [3.05, 3.63) is 65.0 Å². The van der Waals surface area contributed by atoms with Gasteiger partial charge in [-0.25, -0.2) is 17.5 Å². The van der Waals surface area contributed by atoms with E-state index in [4.69, 9.17) is 5.73 Å². The topological polar surface area (TPSA) is 89.3 Å². The number of nitrogens with one attached hydrogen (secondary N) is 1. The minimum Gasteiger partial charge on any atom is -0.369 e. The minimum absolute atomic E-state index is 0.305. The lowest BCUT2D eigenvalue weighted by Crippen LogP contribution is -2.24. The molecule has 0 saturated heterocycles. The van der Waals surface area contributed by atoms with E-state index in [1.165, 1.54) is 13.1 Å². The van der Waals surface area contributed by atoms with E-state index < -0.39 is 32.6 Å². The summed E-state index contributed by atoms with van der Waals surface area (Å²) in [5.41, 5.74) is 7.28. The van der Waals surface area contributed by atoms with E-state index in [0.717, 1.165) is 17.7 Å². The molecular weight excluding hydrogens is 319 g/mol. The first-order chi connectivity index (χ1) is 10.8. The first-order valence-corrected chi connectivity index (χ1v) is 8.34. The minimum atomic E-state index is -3.91. The van der Waals surface area contributed by atoms with Gasteiger partial charge in [0.1, 0.15) is 10.7 Å². The van der Waals surface area contributed by atoms with Gasteiger partial charge < -0.3 is 5.73 Å². The monoisotopic (exact) mass is 336 g/mol. The smallest absolute Gasteiger partial charge is 0.243 e. The first kappa shape index (κ1) is 17.1. The third-order valence-corrected chi connectivity index (χ3v) is 5.08. The molecule has 23 heavy (non-hydrogen) atoms. The van der Waals surface area contributed by atoms with Crippen LogP contribution in [0, 0.1) is 12.7 Å². The summed E-state index contributed by atoms with van der Waals surface area (Å²) < 4.78 is 39.7. The molecule has 5 nitrogen and oxygen atoms in total. The molecule has 1 atom stereocenters. The molecule has 0 fully saturated rings. The maximum absolute atomic E-state index is 14.2. The Labute approximate surface area is 134 Å². The van der Waals surface area contributed by atoms with Gasteiger partial charge in [0.2, 0.25) is 15.9 Å². The number of carbonyl (C=O) groups excluding carboxylic acids is 1. The van der Waals surface area contributed by atoms with Gasteiger partial charge in [-0.2, -0.15) is 0 Å². The number of nitrogens with two attached hydrogens (primary N) is 1. The molecule has 0 bridgehead atoms. The van der Waals surface area contributed by atoms with Crippen molar-refractivity contribution in [2.24, 2.45) is 5.73 Å². The van der Waals surface area contributed by atoms with Crippen LogP contribution in [0.2, 0.25) is 0 Å². The van der Waals surface area contributed by atoms with Gasteiger partial charge >= 0.3 is 0 Å². The Hall–Kier alpha value is -2.25. The van der Waals surface area contributed by atoms with Crippen LogP contribution < -0.4 is 10.5 Å². The molecule has 0 heterocycles. The molecule has 122 valence electrons. The lowest BCUT2D eigenvalue weighted by molar-refractivity contribution is -0.118. The zero-order chi connectivity index (χ0) is 17.2. The number of amides is 1. The summed E-state index contributed by atoms with van der Waals surface area (Å²) in [4.78, 5) is 11.4. The third-order valence-electron chi connectivity index (χ3n) is 3.63. The molecule has 0 radical (unpaired) electrons. The van der Waals surface area contributed by atoms with Crippen molar-refractivity contribution in [1.82, 2.24) is 4.72 Å².